The van der Waals surface area contributed by atoms with Crippen LogP contribution in [-0.2, 0) is 9.53 Å². The number of ether oxygens (including phenoxy) is 1. The molecule has 5 nitrogen and oxygen atoms in total. The summed E-state index contributed by atoms with van der Waals surface area (Å²) >= 11 is 0. The maximum absolute atomic E-state index is 10.5. The average Bonchev–Trinajstić information content (AvgIpc) is 2.04. The first kappa shape index (κ1) is 9.48. The fraction of sp³-hybridized carbons (Fsp3) is 0.333. The number of carbonyl (C=O) groups excluding carboxylic acids is 2. The van der Waals surface area contributed by atoms with Crippen LogP contribution in [0.4, 0.5) is 4.79 Å². The van der Waals surface area contributed by atoms with Crippen molar-refractivity contribution in [2.24, 2.45) is 0 Å². The highest BCUT2D eigenvalue weighted by atomic mass is 16.5. The fourth-order valence-electron chi connectivity index (χ4n) is 0.328. The Bertz CT molecular complexity index is 177. The molecule has 0 aromatic heterocycles. The van der Waals surface area contributed by atoms with Gasteiger partial charge in [-0.2, -0.15) is 0 Å². The van der Waals surface area contributed by atoms with Crippen LogP contribution in [0.25, 0.3) is 0 Å². The predicted molar refractivity (Wildman–Crippen MR) is 38.7 cm³/mol. The summed E-state index contributed by atoms with van der Waals surface area (Å²) in [5.41, 5.74) is 0. The van der Waals surface area contributed by atoms with Crippen LogP contribution in [0.3, 0.4) is 0 Å². The van der Waals surface area contributed by atoms with E-state index in [0.29, 0.717) is 0 Å². The molecule has 0 radical (unpaired) electrons. The van der Waals surface area contributed by atoms with Gasteiger partial charge in [-0.15, -0.1) is 0 Å². The number of likely N-dealkylation sites (N-methyl/N-ethyl adjacent to an activating group) is 1. The summed E-state index contributed by atoms with van der Waals surface area (Å²) in [6.07, 6.45) is 1.77. The van der Waals surface area contributed by atoms with Crippen molar-refractivity contribution in [1.29, 1.82) is 0 Å². The molecule has 0 saturated carbocycles. The van der Waals surface area contributed by atoms with Crippen molar-refractivity contribution in [3.8, 4) is 0 Å². The first-order chi connectivity index (χ1) is 5.20. The van der Waals surface area contributed by atoms with E-state index in [1.54, 1.807) is 0 Å². The lowest BCUT2D eigenvalue weighted by Crippen LogP contribution is -2.19. The van der Waals surface area contributed by atoms with Gasteiger partial charge in [-0.05, 0) is 0 Å². The Kier molecular flexibility index (Phi) is 4.55. The number of hydrogen-bond donors (Lipinski definition) is 2. The SMILES string of the molecule is CNC(=O)/C=C/NC(=O)OC. The standard InChI is InChI=1S/C6H10N2O3/c1-7-5(9)3-4-8-6(10)11-2/h3-4H,1-2H3,(H,7,9)(H,8,10)/b4-3+. The zero-order valence-corrected chi connectivity index (χ0v) is 6.38. The van der Waals surface area contributed by atoms with Crippen molar-refractivity contribution in [3.05, 3.63) is 12.3 Å². The Morgan fingerprint density at radius 3 is 2.55 bits per heavy atom. The number of methoxy groups -OCH3 is 1. The van der Waals surface area contributed by atoms with Gasteiger partial charge in [0.1, 0.15) is 0 Å². The van der Waals surface area contributed by atoms with Crippen molar-refractivity contribution in [2.75, 3.05) is 14.2 Å². The Morgan fingerprint density at radius 2 is 2.09 bits per heavy atom. The largest absolute Gasteiger partial charge is 0.453 e. The zero-order chi connectivity index (χ0) is 8.69. The van der Waals surface area contributed by atoms with Gasteiger partial charge in [0.05, 0.1) is 7.11 Å². The van der Waals surface area contributed by atoms with E-state index in [0.717, 1.165) is 0 Å². The van der Waals surface area contributed by atoms with Crippen molar-refractivity contribution in [2.45, 2.75) is 0 Å². The summed E-state index contributed by atoms with van der Waals surface area (Å²) in [5, 5.41) is 4.53. The molecule has 0 aliphatic rings. The molecule has 11 heavy (non-hydrogen) atoms. The maximum Gasteiger partial charge on any atom is 0.410 e. The van der Waals surface area contributed by atoms with Gasteiger partial charge in [0.15, 0.2) is 0 Å². The average molecular weight is 158 g/mol. The van der Waals surface area contributed by atoms with Crippen LogP contribution >= 0.6 is 0 Å². The van der Waals surface area contributed by atoms with Crippen molar-refractivity contribution in [3.63, 3.8) is 0 Å². The highest BCUT2D eigenvalue weighted by Crippen LogP contribution is 1.72. The summed E-state index contributed by atoms with van der Waals surface area (Å²) in [6, 6.07) is 0. The molecule has 0 saturated heterocycles. The molecular formula is C6H10N2O3. The van der Waals surface area contributed by atoms with Gasteiger partial charge >= 0.3 is 6.09 Å². The van der Waals surface area contributed by atoms with Gasteiger partial charge in [0.25, 0.3) is 0 Å². The molecule has 0 bridgehead atoms. The van der Waals surface area contributed by atoms with E-state index < -0.39 is 6.09 Å². The van der Waals surface area contributed by atoms with Crippen molar-refractivity contribution >= 4 is 12.0 Å². The topological polar surface area (TPSA) is 67.4 Å². The van der Waals surface area contributed by atoms with Crippen LogP contribution in [0.5, 0.6) is 0 Å². The predicted octanol–water partition coefficient (Wildman–Crippen LogP) is -0.398. The molecule has 0 rings (SSSR count). The van der Waals surface area contributed by atoms with Gasteiger partial charge in [-0.25, -0.2) is 4.79 Å². The molecule has 62 valence electrons. The fourth-order valence-corrected chi connectivity index (χ4v) is 0.328. The molecule has 0 fully saturated rings. The molecule has 5 heteroatoms. The van der Waals surface area contributed by atoms with Crippen molar-refractivity contribution < 1.29 is 14.3 Å². The number of carbonyl (C=O) groups is 2. The summed E-state index contributed by atoms with van der Waals surface area (Å²) in [5.74, 6) is -0.290. The first-order valence-corrected chi connectivity index (χ1v) is 2.93. The smallest absolute Gasteiger partial charge is 0.410 e. The van der Waals surface area contributed by atoms with E-state index in [2.05, 4.69) is 15.4 Å². The first-order valence-electron chi connectivity index (χ1n) is 2.93. The van der Waals surface area contributed by atoms with Crippen LogP contribution in [0, 0.1) is 0 Å². The Hall–Kier alpha value is -1.52. The van der Waals surface area contributed by atoms with E-state index in [1.165, 1.54) is 26.4 Å². The minimum Gasteiger partial charge on any atom is -0.453 e. The Morgan fingerprint density at radius 1 is 1.45 bits per heavy atom. The minimum absolute atomic E-state index is 0.290. The number of hydrogen-bond acceptors (Lipinski definition) is 3. The lowest BCUT2D eigenvalue weighted by atomic mass is 10.6. The van der Waals surface area contributed by atoms with Crippen LogP contribution in [0.15, 0.2) is 12.3 Å². The van der Waals surface area contributed by atoms with Crippen molar-refractivity contribution in [1.82, 2.24) is 10.6 Å². The van der Waals surface area contributed by atoms with E-state index in [1.807, 2.05) is 0 Å². The lowest BCUT2D eigenvalue weighted by Gasteiger charge is -1.94. The van der Waals surface area contributed by atoms with Gasteiger partial charge in [0, 0.05) is 19.3 Å². The van der Waals surface area contributed by atoms with Crippen LogP contribution in [-0.4, -0.2) is 26.2 Å². The van der Waals surface area contributed by atoms with Crippen LogP contribution < -0.4 is 10.6 Å². The molecule has 2 N–H and O–H groups in total. The minimum atomic E-state index is -0.606. The third-order valence-electron chi connectivity index (χ3n) is 0.868. The molecule has 2 amide bonds. The Balaban J connectivity index is 3.60. The van der Waals surface area contributed by atoms with Crippen LogP contribution in [0.1, 0.15) is 0 Å². The van der Waals surface area contributed by atoms with Gasteiger partial charge < -0.3 is 10.1 Å². The van der Waals surface area contributed by atoms with Gasteiger partial charge in [-0.3, -0.25) is 10.1 Å². The number of alkyl carbamates (subject to hydrolysis) is 1. The van der Waals surface area contributed by atoms with E-state index in [-0.39, 0.29) is 5.91 Å². The van der Waals surface area contributed by atoms with Gasteiger partial charge in [0.2, 0.25) is 5.91 Å². The Labute approximate surface area is 64.4 Å². The molecule has 0 aromatic carbocycles. The highest BCUT2D eigenvalue weighted by molar-refractivity contribution is 5.87. The van der Waals surface area contributed by atoms with Crippen LogP contribution in [0.2, 0.25) is 0 Å². The molecule has 0 aliphatic carbocycles. The normalized spacial score (nSPS) is 9.27. The molecule has 0 unspecified atom stereocenters. The molecule has 0 heterocycles. The summed E-state index contributed by atoms with van der Waals surface area (Å²) in [6.45, 7) is 0. The second-order valence-corrected chi connectivity index (χ2v) is 1.58. The molecule has 0 atom stereocenters. The summed E-state index contributed by atoms with van der Waals surface area (Å²) in [4.78, 5) is 20.9. The lowest BCUT2D eigenvalue weighted by molar-refractivity contribution is -0.116. The maximum atomic E-state index is 10.5. The van der Waals surface area contributed by atoms with E-state index in [9.17, 15) is 9.59 Å². The summed E-state index contributed by atoms with van der Waals surface area (Å²) in [7, 11) is 2.73. The van der Waals surface area contributed by atoms with E-state index >= 15 is 0 Å². The molecule has 0 aliphatic heterocycles. The number of amides is 2. The highest BCUT2D eigenvalue weighted by Gasteiger charge is 1.92. The van der Waals surface area contributed by atoms with Gasteiger partial charge in [-0.1, -0.05) is 0 Å². The second kappa shape index (κ2) is 5.28. The quantitative estimate of drug-likeness (QED) is 0.537. The monoisotopic (exact) mass is 158 g/mol. The molecule has 0 aromatic rings. The number of rotatable bonds is 2. The third kappa shape index (κ3) is 4.95. The van der Waals surface area contributed by atoms with E-state index in [4.69, 9.17) is 0 Å². The summed E-state index contributed by atoms with van der Waals surface area (Å²) < 4.78 is 4.23. The molecular weight excluding hydrogens is 148 g/mol. The molecule has 0 spiro atoms. The third-order valence-corrected chi connectivity index (χ3v) is 0.868. The number of nitrogens with one attached hydrogen (secondary N) is 2. The second-order valence-electron chi connectivity index (χ2n) is 1.58. The zero-order valence-electron chi connectivity index (χ0n) is 6.38.